The molecule has 0 unspecified atom stereocenters. The Morgan fingerprint density at radius 3 is 2.63 bits per heavy atom. The summed E-state index contributed by atoms with van der Waals surface area (Å²) in [6, 6.07) is 16.3. The Morgan fingerprint density at radius 1 is 1.07 bits per heavy atom. The van der Waals surface area contributed by atoms with Crippen molar-refractivity contribution in [2.75, 3.05) is 49.5 Å². The Morgan fingerprint density at radius 2 is 1.87 bits per heavy atom. The van der Waals surface area contributed by atoms with Crippen LogP contribution >= 0.6 is 0 Å². The third-order valence-electron chi connectivity index (χ3n) is 5.36. The van der Waals surface area contributed by atoms with Crippen molar-refractivity contribution < 1.29 is 9.18 Å². The van der Waals surface area contributed by atoms with Gasteiger partial charge in [0.2, 0.25) is 5.91 Å². The van der Waals surface area contributed by atoms with Crippen molar-refractivity contribution in [3.63, 3.8) is 0 Å². The molecule has 7 heteroatoms. The molecule has 2 heterocycles. The van der Waals surface area contributed by atoms with E-state index in [4.69, 9.17) is 10.7 Å². The van der Waals surface area contributed by atoms with Crippen molar-refractivity contribution in [2.24, 2.45) is 5.73 Å². The van der Waals surface area contributed by atoms with E-state index in [9.17, 15) is 9.18 Å². The summed E-state index contributed by atoms with van der Waals surface area (Å²) in [6.45, 7) is 3.89. The highest BCUT2D eigenvalue weighted by molar-refractivity contribution is 5.93. The van der Waals surface area contributed by atoms with Gasteiger partial charge in [0.1, 0.15) is 11.6 Å². The van der Waals surface area contributed by atoms with E-state index in [-0.39, 0.29) is 18.1 Å². The normalized spacial score (nSPS) is 14.2. The van der Waals surface area contributed by atoms with Gasteiger partial charge in [-0.05, 0) is 23.8 Å². The largest absolute Gasteiger partial charge is 0.383 e. The number of rotatable bonds is 6. The van der Waals surface area contributed by atoms with Gasteiger partial charge in [-0.15, -0.1) is 0 Å². The Balaban J connectivity index is 1.44. The highest BCUT2D eigenvalue weighted by Crippen LogP contribution is 2.27. The molecule has 0 bridgehead atoms. The smallest absolute Gasteiger partial charge is 0.227 e. The van der Waals surface area contributed by atoms with E-state index in [0.717, 1.165) is 22.4 Å². The molecule has 0 spiro atoms. The summed E-state index contributed by atoms with van der Waals surface area (Å²) in [5, 5.41) is 4.46. The van der Waals surface area contributed by atoms with E-state index in [1.165, 1.54) is 12.1 Å². The molecule has 3 aromatic rings. The zero-order chi connectivity index (χ0) is 20.9. The number of nitrogens with two attached hydrogens (primary N) is 1. The molecule has 1 saturated heterocycles. The van der Waals surface area contributed by atoms with Crippen LogP contribution in [0.15, 0.2) is 54.6 Å². The maximum atomic E-state index is 13.4. The number of nitrogens with zero attached hydrogens (tertiary/aromatic N) is 3. The molecule has 0 saturated carbocycles. The third kappa shape index (κ3) is 4.52. The van der Waals surface area contributed by atoms with E-state index in [1.807, 2.05) is 29.2 Å². The molecule has 0 atom stereocenters. The average Bonchev–Trinajstić information content (AvgIpc) is 2.77. The van der Waals surface area contributed by atoms with Gasteiger partial charge >= 0.3 is 0 Å². The number of pyridine rings is 1. The van der Waals surface area contributed by atoms with Crippen LogP contribution in [0.4, 0.5) is 15.9 Å². The molecule has 1 aliphatic heterocycles. The van der Waals surface area contributed by atoms with Gasteiger partial charge in [0.25, 0.3) is 0 Å². The summed E-state index contributed by atoms with van der Waals surface area (Å²) in [5.74, 6) is 0.606. The summed E-state index contributed by atoms with van der Waals surface area (Å²) in [4.78, 5) is 21.5. The molecule has 0 radical (unpaired) electrons. The first kappa shape index (κ1) is 20.1. The predicted molar refractivity (Wildman–Crippen MR) is 118 cm³/mol. The van der Waals surface area contributed by atoms with Gasteiger partial charge in [-0.2, -0.15) is 0 Å². The van der Waals surface area contributed by atoms with Gasteiger partial charge in [-0.1, -0.05) is 30.3 Å². The van der Waals surface area contributed by atoms with Crippen molar-refractivity contribution in [3.8, 4) is 0 Å². The third-order valence-corrected chi connectivity index (χ3v) is 5.36. The fourth-order valence-corrected chi connectivity index (χ4v) is 3.79. The standard InChI is InChI=1S/C23H26FN5O/c24-18-5-3-4-17(14-18)15-23(30)29-12-10-28(11-13-29)22-16-21(26-9-8-25)19-6-1-2-7-20(19)27-22/h1-7,14,16H,8-13,15,25H2,(H,26,27). The molecule has 30 heavy (non-hydrogen) atoms. The fraction of sp³-hybridized carbons (Fsp3) is 0.304. The Labute approximate surface area is 175 Å². The maximum absolute atomic E-state index is 13.4. The molecular weight excluding hydrogens is 381 g/mol. The molecule has 2 aromatic carbocycles. The maximum Gasteiger partial charge on any atom is 0.227 e. The second-order valence-electron chi connectivity index (χ2n) is 7.44. The molecule has 1 aromatic heterocycles. The molecule has 4 rings (SSSR count). The van der Waals surface area contributed by atoms with Crippen molar-refractivity contribution in [1.29, 1.82) is 0 Å². The van der Waals surface area contributed by atoms with E-state index in [1.54, 1.807) is 12.1 Å². The van der Waals surface area contributed by atoms with Crippen LogP contribution in [-0.2, 0) is 11.2 Å². The predicted octanol–water partition coefficient (Wildman–Crippen LogP) is 2.64. The number of aromatic nitrogens is 1. The molecule has 1 fully saturated rings. The summed E-state index contributed by atoms with van der Waals surface area (Å²) >= 11 is 0. The number of carbonyl (C=O) groups is 1. The number of hydrogen-bond donors (Lipinski definition) is 2. The molecule has 6 nitrogen and oxygen atoms in total. The number of carbonyl (C=O) groups excluding carboxylic acids is 1. The summed E-state index contributed by atoms with van der Waals surface area (Å²) < 4.78 is 13.4. The minimum Gasteiger partial charge on any atom is -0.383 e. The molecule has 1 aliphatic rings. The number of hydrogen-bond acceptors (Lipinski definition) is 5. The fourth-order valence-electron chi connectivity index (χ4n) is 3.79. The summed E-state index contributed by atoms with van der Waals surface area (Å²) in [7, 11) is 0. The number of fused-ring (bicyclic) bond motifs is 1. The topological polar surface area (TPSA) is 74.5 Å². The number of piperazine rings is 1. The number of halogens is 1. The lowest BCUT2D eigenvalue weighted by Gasteiger charge is -2.35. The van der Waals surface area contributed by atoms with Crippen LogP contribution in [0.25, 0.3) is 10.9 Å². The Bertz CT molecular complexity index is 1030. The van der Waals surface area contributed by atoms with Gasteiger partial charge in [0.15, 0.2) is 0 Å². The van der Waals surface area contributed by atoms with E-state index >= 15 is 0 Å². The first-order valence-electron chi connectivity index (χ1n) is 10.2. The molecule has 156 valence electrons. The quantitative estimate of drug-likeness (QED) is 0.657. The number of anilines is 2. The van der Waals surface area contributed by atoms with E-state index < -0.39 is 0 Å². The van der Waals surface area contributed by atoms with Gasteiger partial charge in [-0.3, -0.25) is 4.79 Å². The summed E-state index contributed by atoms with van der Waals surface area (Å²) in [6.07, 6.45) is 0.221. The molecule has 1 amide bonds. The lowest BCUT2D eigenvalue weighted by molar-refractivity contribution is -0.130. The molecular formula is C23H26FN5O. The van der Waals surface area contributed by atoms with Gasteiger partial charge in [0.05, 0.1) is 11.9 Å². The van der Waals surface area contributed by atoms with Crippen LogP contribution in [-0.4, -0.2) is 55.1 Å². The average molecular weight is 407 g/mol. The zero-order valence-corrected chi connectivity index (χ0v) is 16.9. The van der Waals surface area contributed by atoms with E-state index in [0.29, 0.717) is 44.8 Å². The van der Waals surface area contributed by atoms with E-state index in [2.05, 4.69) is 16.3 Å². The highest BCUT2D eigenvalue weighted by Gasteiger charge is 2.23. The van der Waals surface area contributed by atoms with Crippen molar-refractivity contribution >= 4 is 28.3 Å². The van der Waals surface area contributed by atoms with Gasteiger partial charge in [0, 0.05) is 56.4 Å². The number of amides is 1. The van der Waals surface area contributed by atoms with Gasteiger partial charge < -0.3 is 20.9 Å². The first-order chi connectivity index (χ1) is 14.6. The Kier molecular flexibility index (Phi) is 6.09. The van der Waals surface area contributed by atoms with Crippen LogP contribution in [0.3, 0.4) is 0 Å². The minimum atomic E-state index is -0.313. The van der Waals surface area contributed by atoms with Crippen LogP contribution in [0.1, 0.15) is 5.56 Å². The van der Waals surface area contributed by atoms with Crippen LogP contribution in [0.5, 0.6) is 0 Å². The second kappa shape index (κ2) is 9.09. The Hall–Kier alpha value is -3.19. The minimum absolute atomic E-state index is 0.0250. The lowest BCUT2D eigenvalue weighted by Crippen LogP contribution is -2.49. The first-order valence-corrected chi connectivity index (χ1v) is 10.2. The highest BCUT2D eigenvalue weighted by atomic mass is 19.1. The van der Waals surface area contributed by atoms with Crippen LogP contribution in [0.2, 0.25) is 0 Å². The molecule has 3 N–H and O–H groups in total. The van der Waals surface area contributed by atoms with Crippen molar-refractivity contribution in [3.05, 3.63) is 66.0 Å². The monoisotopic (exact) mass is 407 g/mol. The molecule has 0 aliphatic carbocycles. The van der Waals surface area contributed by atoms with Crippen molar-refractivity contribution in [2.45, 2.75) is 6.42 Å². The van der Waals surface area contributed by atoms with Crippen LogP contribution < -0.4 is 16.0 Å². The SMILES string of the molecule is NCCNc1cc(N2CCN(C(=O)Cc3cccc(F)c3)CC2)nc2ccccc12. The number of para-hydroxylation sites is 1. The summed E-state index contributed by atoms with van der Waals surface area (Å²) in [5.41, 5.74) is 8.31. The lowest BCUT2D eigenvalue weighted by atomic mass is 10.1. The second-order valence-corrected chi connectivity index (χ2v) is 7.44. The number of benzene rings is 2. The zero-order valence-electron chi connectivity index (χ0n) is 16.9. The van der Waals surface area contributed by atoms with Crippen LogP contribution in [0, 0.1) is 5.82 Å². The van der Waals surface area contributed by atoms with Gasteiger partial charge in [-0.25, -0.2) is 9.37 Å². The van der Waals surface area contributed by atoms with Crippen molar-refractivity contribution in [1.82, 2.24) is 9.88 Å². The number of nitrogens with one attached hydrogen (secondary N) is 1.